The molecule has 2 rings (SSSR count). The molecular formula is C11H17NO4. The molecule has 0 radical (unpaired) electrons. The van der Waals surface area contributed by atoms with Gasteiger partial charge in [-0.15, -0.1) is 0 Å². The van der Waals surface area contributed by atoms with E-state index in [0.29, 0.717) is 18.9 Å². The summed E-state index contributed by atoms with van der Waals surface area (Å²) in [6.07, 6.45) is 2.73. The number of rotatable bonds is 4. The van der Waals surface area contributed by atoms with Crippen molar-refractivity contribution in [1.29, 1.82) is 0 Å². The topological polar surface area (TPSA) is 86.6 Å². The quantitative estimate of drug-likeness (QED) is 0.630. The van der Waals surface area contributed by atoms with Crippen molar-refractivity contribution < 1.29 is 19.8 Å². The summed E-state index contributed by atoms with van der Waals surface area (Å²) in [5.74, 6) is -1.48. The summed E-state index contributed by atoms with van der Waals surface area (Å²) in [6, 6.07) is 0. The van der Waals surface area contributed by atoms with E-state index in [1.165, 1.54) is 0 Å². The Kier molecular flexibility index (Phi) is 3.14. The first-order valence-electron chi connectivity index (χ1n) is 5.76. The van der Waals surface area contributed by atoms with Crippen LogP contribution in [0, 0.1) is 17.8 Å². The number of amides is 1. The highest BCUT2D eigenvalue weighted by Gasteiger charge is 2.48. The Morgan fingerprint density at radius 2 is 1.94 bits per heavy atom. The first kappa shape index (κ1) is 11.4. The second-order valence-corrected chi connectivity index (χ2v) is 4.86. The summed E-state index contributed by atoms with van der Waals surface area (Å²) in [5.41, 5.74) is 0. The van der Waals surface area contributed by atoms with Gasteiger partial charge in [-0.25, -0.2) is 0 Å². The number of carbonyl (C=O) groups excluding carboxylic acids is 1. The van der Waals surface area contributed by atoms with E-state index in [4.69, 9.17) is 5.11 Å². The first-order valence-corrected chi connectivity index (χ1v) is 5.76. The molecule has 1 amide bonds. The lowest BCUT2D eigenvalue weighted by Gasteiger charge is -2.10. The fourth-order valence-corrected chi connectivity index (χ4v) is 2.37. The number of aliphatic hydroxyl groups excluding tert-OH is 1. The molecule has 5 nitrogen and oxygen atoms in total. The van der Waals surface area contributed by atoms with Gasteiger partial charge in [-0.05, 0) is 31.6 Å². The van der Waals surface area contributed by atoms with Crippen molar-refractivity contribution in [1.82, 2.24) is 5.32 Å². The van der Waals surface area contributed by atoms with Crippen LogP contribution >= 0.6 is 0 Å². The van der Waals surface area contributed by atoms with Crippen molar-refractivity contribution in [3.05, 3.63) is 0 Å². The molecule has 2 aliphatic rings. The highest BCUT2D eigenvalue weighted by Crippen LogP contribution is 2.38. The summed E-state index contributed by atoms with van der Waals surface area (Å²) >= 11 is 0. The second-order valence-electron chi connectivity index (χ2n) is 4.86. The van der Waals surface area contributed by atoms with Crippen LogP contribution in [0.3, 0.4) is 0 Å². The third kappa shape index (κ3) is 2.52. The van der Waals surface area contributed by atoms with Crippen LogP contribution in [-0.4, -0.2) is 34.7 Å². The highest BCUT2D eigenvalue weighted by atomic mass is 16.4. The van der Waals surface area contributed by atoms with Crippen molar-refractivity contribution >= 4 is 11.9 Å². The van der Waals surface area contributed by atoms with E-state index in [0.717, 1.165) is 19.3 Å². The highest BCUT2D eigenvalue weighted by molar-refractivity contribution is 5.89. The minimum Gasteiger partial charge on any atom is -0.481 e. The zero-order chi connectivity index (χ0) is 11.7. The van der Waals surface area contributed by atoms with E-state index in [1.807, 2.05) is 0 Å². The van der Waals surface area contributed by atoms with Gasteiger partial charge >= 0.3 is 5.97 Å². The number of carbonyl (C=O) groups is 2. The molecule has 3 N–H and O–H groups in total. The molecule has 0 aromatic heterocycles. The standard InChI is InChI=1S/C11H17NO4/c13-7-2-1-6(3-7)5-12-10(14)8-4-9(8)11(15)16/h6-9,13H,1-5H2,(H,12,14)(H,15,16). The molecule has 2 aliphatic carbocycles. The normalized spacial score (nSPS) is 37.1. The Balaban J connectivity index is 1.67. The summed E-state index contributed by atoms with van der Waals surface area (Å²) in [5, 5.41) is 20.8. The average Bonchev–Trinajstić information content (AvgIpc) is 2.93. The lowest BCUT2D eigenvalue weighted by atomic mass is 10.1. The van der Waals surface area contributed by atoms with E-state index in [-0.39, 0.29) is 17.9 Å². The molecule has 16 heavy (non-hydrogen) atoms. The summed E-state index contributed by atoms with van der Waals surface area (Å²) in [4.78, 5) is 22.1. The van der Waals surface area contributed by atoms with Gasteiger partial charge in [0, 0.05) is 6.54 Å². The molecule has 5 heteroatoms. The van der Waals surface area contributed by atoms with E-state index >= 15 is 0 Å². The van der Waals surface area contributed by atoms with Crippen molar-refractivity contribution in [2.75, 3.05) is 6.54 Å². The van der Waals surface area contributed by atoms with Gasteiger partial charge in [-0.2, -0.15) is 0 Å². The van der Waals surface area contributed by atoms with Gasteiger partial charge in [0.25, 0.3) is 0 Å². The maximum atomic E-state index is 11.5. The van der Waals surface area contributed by atoms with E-state index in [1.54, 1.807) is 0 Å². The third-order valence-corrected chi connectivity index (χ3v) is 3.52. The number of aliphatic carboxylic acids is 1. The lowest BCUT2D eigenvalue weighted by Crippen LogP contribution is -2.30. The molecule has 4 atom stereocenters. The van der Waals surface area contributed by atoms with Crippen LogP contribution in [0.15, 0.2) is 0 Å². The molecule has 90 valence electrons. The fraction of sp³-hybridized carbons (Fsp3) is 0.818. The van der Waals surface area contributed by atoms with Gasteiger partial charge in [-0.1, -0.05) is 0 Å². The number of carboxylic acids is 1. The van der Waals surface area contributed by atoms with E-state index < -0.39 is 11.9 Å². The van der Waals surface area contributed by atoms with Crippen LogP contribution in [0.5, 0.6) is 0 Å². The van der Waals surface area contributed by atoms with Gasteiger partial charge in [-0.3, -0.25) is 9.59 Å². The smallest absolute Gasteiger partial charge is 0.307 e. The summed E-state index contributed by atoms with van der Waals surface area (Å²) in [7, 11) is 0. The van der Waals surface area contributed by atoms with Crippen molar-refractivity contribution in [3.8, 4) is 0 Å². The maximum Gasteiger partial charge on any atom is 0.307 e. The Bertz CT molecular complexity index is 304. The maximum absolute atomic E-state index is 11.5. The molecule has 4 unspecified atom stereocenters. The van der Waals surface area contributed by atoms with Crippen LogP contribution < -0.4 is 5.32 Å². The zero-order valence-electron chi connectivity index (χ0n) is 9.06. The monoisotopic (exact) mass is 227 g/mol. The fourth-order valence-electron chi connectivity index (χ4n) is 2.37. The molecule has 0 aromatic carbocycles. The van der Waals surface area contributed by atoms with Crippen molar-refractivity contribution in [2.45, 2.75) is 31.8 Å². The molecule has 0 spiro atoms. The van der Waals surface area contributed by atoms with E-state index in [2.05, 4.69) is 5.32 Å². The summed E-state index contributed by atoms with van der Waals surface area (Å²) < 4.78 is 0. The number of hydrogen-bond acceptors (Lipinski definition) is 3. The van der Waals surface area contributed by atoms with Gasteiger partial charge in [0.05, 0.1) is 17.9 Å². The Labute approximate surface area is 93.8 Å². The SMILES string of the molecule is O=C(O)C1CC1C(=O)NCC1CCC(O)C1. The van der Waals surface area contributed by atoms with Crippen molar-refractivity contribution in [2.24, 2.45) is 17.8 Å². The number of nitrogens with one attached hydrogen (secondary N) is 1. The van der Waals surface area contributed by atoms with Gasteiger partial charge < -0.3 is 15.5 Å². The van der Waals surface area contributed by atoms with E-state index in [9.17, 15) is 14.7 Å². The van der Waals surface area contributed by atoms with Gasteiger partial charge in [0.1, 0.15) is 0 Å². The Morgan fingerprint density at radius 3 is 2.44 bits per heavy atom. The molecule has 0 saturated heterocycles. The summed E-state index contributed by atoms with van der Waals surface area (Å²) in [6.45, 7) is 0.568. The van der Waals surface area contributed by atoms with Gasteiger partial charge in [0.15, 0.2) is 0 Å². The van der Waals surface area contributed by atoms with Gasteiger partial charge in [0.2, 0.25) is 5.91 Å². The molecule has 0 aromatic rings. The third-order valence-electron chi connectivity index (χ3n) is 3.52. The lowest BCUT2D eigenvalue weighted by molar-refractivity contribution is -0.140. The molecule has 0 aliphatic heterocycles. The van der Waals surface area contributed by atoms with Crippen LogP contribution in [0.1, 0.15) is 25.7 Å². The molecular weight excluding hydrogens is 210 g/mol. The van der Waals surface area contributed by atoms with Crippen LogP contribution in [-0.2, 0) is 9.59 Å². The zero-order valence-corrected chi connectivity index (χ0v) is 9.06. The molecule has 2 fully saturated rings. The Morgan fingerprint density at radius 1 is 1.19 bits per heavy atom. The molecule has 2 saturated carbocycles. The predicted octanol–water partition coefficient (Wildman–Crippen LogP) is -0.0157. The minimum absolute atomic E-state index is 0.145. The van der Waals surface area contributed by atoms with Crippen molar-refractivity contribution in [3.63, 3.8) is 0 Å². The number of aliphatic hydroxyl groups is 1. The average molecular weight is 227 g/mol. The van der Waals surface area contributed by atoms with Crippen LogP contribution in [0.4, 0.5) is 0 Å². The molecule has 0 heterocycles. The minimum atomic E-state index is -0.878. The largest absolute Gasteiger partial charge is 0.481 e. The predicted molar refractivity (Wildman–Crippen MR) is 55.6 cm³/mol. The number of carboxylic acid groups (broad SMARTS) is 1. The van der Waals surface area contributed by atoms with Crippen LogP contribution in [0.25, 0.3) is 0 Å². The Hall–Kier alpha value is -1.10. The first-order chi connectivity index (χ1) is 7.58. The van der Waals surface area contributed by atoms with Crippen LogP contribution in [0.2, 0.25) is 0 Å². The molecule has 0 bridgehead atoms. The second kappa shape index (κ2) is 4.41. The number of hydrogen-bond donors (Lipinski definition) is 3.